The Bertz CT molecular complexity index is 1070. The number of carbonyl (C=O) groups excluding carboxylic acids is 1. The predicted octanol–water partition coefficient (Wildman–Crippen LogP) is 3.10. The van der Waals surface area contributed by atoms with E-state index in [1.807, 2.05) is 42.5 Å². The highest BCUT2D eigenvalue weighted by Gasteiger charge is 2.19. The second kappa shape index (κ2) is 8.46. The Morgan fingerprint density at radius 1 is 1.14 bits per heavy atom. The molecule has 1 aromatic heterocycles. The number of rotatable bonds is 4. The van der Waals surface area contributed by atoms with Crippen LogP contribution < -0.4 is 5.56 Å². The van der Waals surface area contributed by atoms with Gasteiger partial charge in [0.15, 0.2) is 5.16 Å². The normalized spacial score (nSPS) is 14.4. The van der Waals surface area contributed by atoms with E-state index in [1.165, 1.54) is 11.8 Å². The molecule has 0 bridgehead atoms. The first-order valence-electron chi connectivity index (χ1n) is 8.89. The molecule has 0 saturated carbocycles. The monoisotopic (exact) mass is 459 g/mol. The molecule has 0 unspecified atom stereocenters. The first-order chi connectivity index (χ1) is 13.6. The van der Waals surface area contributed by atoms with E-state index >= 15 is 0 Å². The summed E-state index contributed by atoms with van der Waals surface area (Å²) in [6.45, 7) is 2.33. The number of halogens is 1. The van der Waals surface area contributed by atoms with Gasteiger partial charge in [0.05, 0.1) is 35.6 Å². The summed E-state index contributed by atoms with van der Waals surface area (Å²) >= 11 is 4.70. The summed E-state index contributed by atoms with van der Waals surface area (Å²) in [5.41, 5.74) is 1.18. The highest BCUT2D eigenvalue weighted by molar-refractivity contribution is 9.10. The van der Waals surface area contributed by atoms with Crippen LogP contribution in [-0.2, 0) is 9.53 Å². The minimum Gasteiger partial charge on any atom is -0.378 e. The zero-order chi connectivity index (χ0) is 19.5. The molecule has 0 radical (unpaired) electrons. The van der Waals surface area contributed by atoms with E-state index in [1.54, 1.807) is 15.5 Å². The van der Waals surface area contributed by atoms with Crippen LogP contribution in [0.15, 0.2) is 63.0 Å². The molecule has 2 aromatic carbocycles. The number of thioether (sulfide) groups is 1. The van der Waals surface area contributed by atoms with Gasteiger partial charge in [-0.05, 0) is 30.3 Å². The molecule has 1 aliphatic heterocycles. The van der Waals surface area contributed by atoms with Crippen LogP contribution >= 0.6 is 27.7 Å². The van der Waals surface area contributed by atoms with E-state index in [-0.39, 0.29) is 17.2 Å². The maximum absolute atomic E-state index is 13.2. The van der Waals surface area contributed by atoms with Crippen molar-refractivity contribution in [1.29, 1.82) is 0 Å². The van der Waals surface area contributed by atoms with Gasteiger partial charge in [-0.15, -0.1) is 0 Å². The number of hydrogen-bond acceptors (Lipinski definition) is 5. The van der Waals surface area contributed by atoms with Crippen molar-refractivity contribution in [2.24, 2.45) is 0 Å². The minimum absolute atomic E-state index is 0.0260. The molecule has 2 heterocycles. The lowest BCUT2D eigenvalue weighted by Gasteiger charge is -2.26. The standard InChI is InChI=1S/C20H18BrN3O3S/c21-14-6-7-17-16(12-14)19(26)24(15-4-2-1-3-5-15)20(22-17)28-13-18(25)23-8-10-27-11-9-23/h1-7,12H,8-11,13H2. The molecule has 1 fully saturated rings. The summed E-state index contributed by atoms with van der Waals surface area (Å²) in [6.07, 6.45) is 0. The summed E-state index contributed by atoms with van der Waals surface area (Å²) < 4.78 is 7.70. The van der Waals surface area contributed by atoms with Crippen LogP contribution in [0.1, 0.15) is 0 Å². The largest absolute Gasteiger partial charge is 0.378 e. The number of hydrogen-bond donors (Lipinski definition) is 0. The van der Waals surface area contributed by atoms with Gasteiger partial charge in [0.1, 0.15) is 0 Å². The minimum atomic E-state index is -0.154. The molecular weight excluding hydrogens is 442 g/mol. The van der Waals surface area contributed by atoms with Crippen LogP contribution in [0, 0.1) is 0 Å². The highest BCUT2D eigenvalue weighted by atomic mass is 79.9. The van der Waals surface area contributed by atoms with Crippen LogP contribution in [0.25, 0.3) is 16.6 Å². The molecule has 1 amide bonds. The molecule has 8 heteroatoms. The Kier molecular flexibility index (Phi) is 5.79. The number of morpholine rings is 1. The second-order valence-electron chi connectivity index (χ2n) is 6.31. The Hall–Kier alpha value is -2.16. The quantitative estimate of drug-likeness (QED) is 0.443. The van der Waals surface area contributed by atoms with Crippen molar-refractivity contribution in [1.82, 2.24) is 14.5 Å². The Balaban J connectivity index is 1.72. The third-order valence-electron chi connectivity index (χ3n) is 4.50. The van der Waals surface area contributed by atoms with Crippen LogP contribution in [0.4, 0.5) is 0 Å². The summed E-state index contributed by atoms with van der Waals surface area (Å²) in [4.78, 5) is 32.2. The zero-order valence-electron chi connectivity index (χ0n) is 15.0. The van der Waals surface area contributed by atoms with Crippen molar-refractivity contribution in [3.8, 4) is 5.69 Å². The lowest BCUT2D eigenvalue weighted by molar-refractivity contribution is -0.132. The number of ether oxygens (including phenoxy) is 1. The first kappa shape index (κ1) is 19.2. The summed E-state index contributed by atoms with van der Waals surface area (Å²) in [6, 6.07) is 14.8. The van der Waals surface area contributed by atoms with E-state index in [4.69, 9.17) is 4.74 Å². The number of amides is 1. The van der Waals surface area contributed by atoms with Gasteiger partial charge in [0, 0.05) is 17.6 Å². The number of nitrogens with zero attached hydrogens (tertiary/aromatic N) is 3. The smallest absolute Gasteiger partial charge is 0.266 e. The van der Waals surface area contributed by atoms with Crippen LogP contribution in [0.3, 0.4) is 0 Å². The Morgan fingerprint density at radius 3 is 2.64 bits per heavy atom. The van der Waals surface area contributed by atoms with E-state index < -0.39 is 0 Å². The van der Waals surface area contributed by atoms with Gasteiger partial charge in [0.25, 0.3) is 5.56 Å². The molecule has 144 valence electrons. The maximum atomic E-state index is 13.2. The number of aromatic nitrogens is 2. The molecule has 3 aromatic rings. The summed E-state index contributed by atoms with van der Waals surface area (Å²) in [5.74, 6) is 0.250. The predicted molar refractivity (Wildman–Crippen MR) is 113 cm³/mol. The fourth-order valence-electron chi connectivity index (χ4n) is 3.07. The highest BCUT2D eigenvalue weighted by Crippen LogP contribution is 2.23. The average molecular weight is 460 g/mol. The van der Waals surface area contributed by atoms with Crippen molar-refractivity contribution < 1.29 is 9.53 Å². The summed E-state index contributed by atoms with van der Waals surface area (Å²) in [5, 5.41) is 1.04. The van der Waals surface area contributed by atoms with E-state index in [0.717, 1.165) is 10.2 Å². The van der Waals surface area contributed by atoms with Crippen LogP contribution in [0.2, 0.25) is 0 Å². The van der Waals surface area contributed by atoms with Gasteiger partial charge >= 0.3 is 0 Å². The maximum Gasteiger partial charge on any atom is 0.266 e. The summed E-state index contributed by atoms with van der Waals surface area (Å²) in [7, 11) is 0. The topological polar surface area (TPSA) is 64.4 Å². The van der Waals surface area contributed by atoms with E-state index in [2.05, 4.69) is 20.9 Å². The van der Waals surface area contributed by atoms with Crippen molar-refractivity contribution in [3.05, 3.63) is 63.4 Å². The molecule has 28 heavy (non-hydrogen) atoms. The van der Waals surface area contributed by atoms with Gasteiger partial charge in [0.2, 0.25) is 5.91 Å². The number of para-hydroxylation sites is 1. The van der Waals surface area contributed by atoms with Gasteiger partial charge in [-0.3, -0.25) is 14.2 Å². The molecular formula is C20H18BrN3O3S. The molecule has 1 saturated heterocycles. The number of benzene rings is 2. The molecule has 0 N–H and O–H groups in total. The second-order valence-corrected chi connectivity index (χ2v) is 8.17. The molecule has 0 aliphatic carbocycles. The van der Waals surface area contributed by atoms with E-state index in [0.29, 0.717) is 42.4 Å². The molecule has 6 nitrogen and oxygen atoms in total. The van der Waals surface area contributed by atoms with Crippen molar-refractivity contribution in [2.75, 3.05) is 32.1 Å². The van der Waals surface area contributed by atoms with E-state index in [9.17, 15) is 9.59 Å². The van der Waals surface area contributed by atoms with Crippen molar-refractivity contribution in [3.63, 3.8) is 0 Å². The fraction of sp³-hybridized carbons (Fsp3) is 0.250. The van der Waals surface area contributed by atoms with Gasteiger partial charge < -0.3 is 9.64 Å². The lowest BCUT2D eigenvalue weighted by atomic mass is 10.2. The number of carbonyl (C=O) groups is 1. The third kappa shape index (κ3) is 3.99. The zero-order valence-corrected chi connectivity index (χ0v) is 17.4. The third-order valence-corrected chi connectivity index (χ3v) is 5.92. The number of fused-ring (bicyclic) bond motifs is 1. The van der Waals surface area contributed by atoms with Gasteiger partial charge in [-0.2, -0.15) is 0 Å². The van der Waals surface area contributed by atoms with Crippen LogP contribution in [0.5, 0.6) is 0 Å². The molecule has 4 rings (SSSR count). The SMILES string of the molecule is O=C(CSc1nc2ccc(Br)cc2c(=O)n1-c1ccccc1)N1CCOCC1. The van der Waals surface area contributed by atoms with Gasteiger partial charge in [-0.1, -0.05) is 45.9 Å². The van der Waals surface area contributed by atoms with Crippen molar-refractivity contribution in [2.45, 2.75) is 5.16 Å². The lowest BCUT2D eigenvalue weighted by Crippen LogP contribution is -2.41. The molecule has 0 atom stereocenters. The van der Waals surface area contributed by atoms with Crippen molar-refractivity contribution >= 4 is 44.5 Å². The fourth-order valence-corrected chi connectivity index (χ4v) is 4.35. The average Bonchev–Trinajstić information content (AvgIpc) is 2.74. The molecule has 0 spiro atoms. The van der Waals surface area contributed by atoms with Gasteiger partial charge in [-0.25, -0.2) is 4.98 Å². The molecule has 1 aliphatic rings. The first-order valence-corrected chi connectivity index (χ1v) is 10.7. The van der Waals surface area contributed by atoms with Crippen LogP contribution in [-0.4, -0.2) is 52.4 Å². The Labute approximate surface area is 174 Å². The Morgan fingerprint density at radius 2 is 1.89 bits per heavy atom.